The number of aromatic hydroxyl groups is 1. The lowest BCUT2D eigenvalue weighted by Gasteiger charge is -2.13. The van der Waals surface area contributed by atoms with Crippen molar-refractivity contribution in [2.75, 3.05) is 0 Å². The zero-order valence-electron chi connectivity index (χ0n) is 13.6. The lowest BCUT2D eigenvalue weighted by atomic mass is 9.95. The van der Waals surface area contributed by atoms with Gasteiger partial charge in [-0.05, 0) is 29.3 Å². The maximum atomic E-state index is 10.3. The summed E-state index contributed by atoms with van der Waals surface area (Å²) in [5, 5.41) is 10.3. The van der Waals surface area contributed by atoms with Crippen LogP contribution in [0.2, 0.25) is 0 Å². The van der Waals surface area contributed by atoms with Gasteiger partial charge in [-0.3, -0.25) is 4.98 Å². The van der Waals surface area contributed by atoms with E-state index in [2.05, 4.69) is 30.3 Å². The Balaban J connectivity index is 1.95. The molecule has 0 bridgehead atoms. The largest absolute Gasteiger partial charge is 0.507 e. The maximum absolute atomic E-state index is 10.3. The number of phenolic OH excluding ortho intramolecular Hbond substituents is 1. The summed E-state index contributed by atoms with van der Waals surface area (Å²) in [6.45, 7) is 0. The summed E-state index contributed by atoms with van der Waals surface area (Å²) < 4.78 is 0. The topological polar surface area (TPSA) is 33.1 Å². The first kappa shape index (κ1) is 15.2. The Labute approximate surface area is 147 Å². The van der Waals surface area contributed by atoms with Gasteiger partial charge >= 0.3 is 0 Å². The van der Waals surface area contributed by atoms with Crippen molar-refractivity contribution in [2.45, 2.75) is 0 Å². The lowest BCUT2D eigenvalue weighted by molar-refractivity contribution is 0.477. The molecule has 0 saturated heterocycles. The Morgan fingerprint density at radius 3 is 1.84 bits per heavy atom. The average molecular weight is 323 g/mol. The highest BCUT2D eigenvalue weighted by molar-refractivity contribution is 5.86. The highest BCUT2D eigenvalue weighted by Gasteiger charge is 2.13. The molecule has 0 aliphatic rings. The van der Waals surface area contributed by atoms with E-state index in [-0.39, 0.29) is 5.75 Å². The van der Waals surface area contributed by atoms with Crippen molar-refractivity contribution in [1.82, 2.24) is 4.98 Å². The summed E-state index contributed by atoms with van der Waals surface area (Å²) >= 11 is 0. The highest BCUT2D eigenvalue weighted by Crippen LogP contribution is 2.37. The van der Waals surface area contributed by atoms with E-state index in [1.807, 2.05) is 60.8 Å². The van der Waals surface area contributed by atoms with E-state index in [9.17, 15) is 5.11 Å². The minimum absolute atomic E-state index is 0.236. The number of hydrogen-bond donors (Lipinski definition) is 1. The Morgan fingerprint density at radius 2 is 1.16 bits per heavy atom. The van der Waals surface area contributed by atoms with Crippen LogP contribution in [0.4, 0.5) is 0 Å². The van der Waals surface area contributed by atoms with Gasteiger partial charge in [-0.25, -0.2) is 0 Å². The quantitative estimate of drug-likeness (QED) is 0.518. The van der Waals surface area contributed by atoms with Gasteiger partial charge in [0.25, 0.3) is 0 Å². The molecule has 1 aromatic heterocycles. The number of phenols is 1. The second kappa shape index (κ2) is 6.62. The van der Waals surface area contributed by atoms with Crippen molar-refractivity contribution in [3.05, 3.63) is 97.2 Å². The second-order valence-electron chi connectivity index (χ2n) is 5.87. The van der Waals surface area contributed by atoms with Crippen molar-refractivity contribution in [3.63, 3.8) is 0 Å². The van der Waals surface area contributed by atoms with Gasteiger partial charge < -0.3 is 5.11 Å². The van der Waals surface area contributed by atoms with E-state index in [1.54, 1.807) is 6.07 Å². The van der Waals surface area contributed by atoms with Crippen LogP contribution in [0, 0.1) is 0 Å². The zero-order chi connectivity index (χ0) is 17.1. The summed E-state index contributed by atoms with van der Waals surface area (Å²) in [5.74, 6) is 0.236. The van der Waals surface area contributed by atoms with Crippen LogP contribution in [0.15, 0.2) is 97.2 Å². The fourth-order valence-corrected chi connectivity index (χ4v) is 2.98. The monoisotopic (exact) mass is 323 g/mol. The number of rotatable bonds is 3. The van der Waals surface area contributed by atoms with Crippen LogP contribution in [0.3, 0.4) is 0 Å². The molecule has 0 unspecified atom stereocenters. The van der Waals surface area contributed by atoms with Gasteiger partial charge in [0.2, 0.25) is 0 Å². The Bertz CT molecular complexity index is 995. The molecule has 120 valence electrons. The van der Waals surface area contributed by atoms with Crippen molar-refractivity contribution >= 4 is 0 Å². The van der Waals surface area contributed by atoms with Crippen molar-refractivity contribution in [2.24, 2.45) is 0 Å². The number of para-hydroxylation sites is 1. The van der Waals surface area contributed by atoms with Crippen molar-refractivity contribution < 1.29 is 5.11 Å². The Hall–Kier alpha value is -3.39. The third kappa shape index (κ3) is 3.02. The van der Waals surface area contributed by atoms with Gasteiger partial charge in [0.15, 0.2) is 0 Å². The number of nitrogens with zero attached hydrogens (tertiary/aromatic N) is 1. The van der Waals surface area contributed by atoms with Gasteiger partial charge in [-0.15, -0.1) is 0 Å². The third-order valence-corrected chi connectivity index (χ3v) is 4.24. The zero-order valence-corrected chi connectivity index (χ0v) is 13.6. The van der Waals surface area contributed by atoms with E-state index < -0.39 is 0 Å². The number of pyridine rings is 1. The van der Waals surface area contributed by atoms with Crippen LogP contribution in [0.5, 0.6) is 5.75 Å². The standard InChI is InChI=1S/C23H17NO/c25-22-14-8-7-13-20(22)23-21(18-11-5-2-6-12-18)15-19(16-24-23)17-9-3-1-4-10-17/h1-16,25H. The first-order chi connectivity index (χ1) is 12.3. The molecule has 0 saturated carbocycles. The molecule has 0 radical (unpaired) electrons. The molecule has 0 atom stereocenters. The molecule has 0 aliphatic heterocycles. The summed E-state index contributed by atoms with van der Waals surface area (Å²) in [4.78, 5) is 4.70. The first-order valence-electron chi connectivity index (χ1n) is 8.22. The fourth-order valence-electron chi connectivity index (χ4n) is 2.98. The van der Waals surface area contributed by atoms with Gasteiger partial charge in [-0.2, -0.15) is 0 Å². The SMILES string of the molecule is Oc1ccccc1-c1ncc(-c2ccccc2)cc1-c1ccccc1. The van der Waals surface area contributed by atoms with Crippen LogP contribution in [-0.4, -0.2) is 10.1 Å². The van der Waals surface area contributed by atoms with Crippen LogP contribution in [0.1, 0.15) is 0 Å². The minimum atomic E-state index is 0.236. The fraction of sp³-hybridized carbons (Fsp3) is 0. The lowest BCUT2D eigenvalue weighted by Crippen LogP contribution is -1.92. The van der Waals surface area contributed by atoms with E-state index in [0.717, 1.165) is 33.5 Å². The molecule has 4 aromatic rings. The molecule has 25 heavy (non-hydrogen) atoms. The van der Waals surface area contributed by atoms with Crippen LogP contribution in [0.25, 0.3) is 33.5 Å². The maximum Gasteiger partial charge on any atom is 0.124 e. The normalized spacial score (nSPS) is 10.6. The van der Waals surface area contributed by atoms with Crippen LogP contribution in [-0.2, 0) is 0 Å². The van der Waals surface area contributed by atoms with Gasteiger partial charge in [0, 0.05) is 22.9 Å². The molecule has 4 rings (SSSR count). The van der Waals surface area contributed by atoms with E-state index >= 15 is 0 Å². The molecule has 1 N–H and O–H groups in total. The summed E-state index contributed by atoms with van der Waals surface area (Å²) in [6, 6.07) is 29.8. The van der Waals surface area contributed by atoms with Crippen molar-refractivity contribution in [1.29, 1.82) is 0 Å². The van der Waals surface area contributed by atoms with Crippen LogP contribution >= 0.6 is 0 Å². The highest BCUT2D eigenvalue weighted by atomic mass is 16.3. The van der Waals surface area contributed by atoms with E-state index in [0.29, 0.717) is 0 Å². The predicted molar refractivity (Wildman–Crippen MR) is 102 cm³/mol. The predicted octanol–water partition coefficient (Wildman–Crippen LogP) is 5.79. The van der Waals surface area contributed by atoms with Gasteiger partial charge in [0.1, 0.15) is 5.75 Å². The second-order valence-corrected chi connectivity index (χ2v) is 5.87. The first-order valence-corrected chi connectivity index (χ1v) is 8.22. The Morgan fingerprint density at radius 1 is 0.560 bits per heavy atom. The molecular weight excluding hydrogens is 306 g/mol. The number of aromatic nitrogens is 1. The van der Waals surface area contributed by atoms with Gasteiger partial charge in [-0.1, -0.05) is 72.8 Å². The molecule has 0 fully saturated rings. The summed E-state index contributed by atoms with van der Waals surface area (Å²) in [7, 11) is 0. The summed E-state index contributed by atoms with van der Waals surface area (Å²) in [6.07, 6.45) is 1.86. The number of hydrogen-bond acceptors (Lipinski definition) is 2. The molecule has 0 amide bonds. The Kier molecular flexibility index (Phi) is 4.01. The molecular formula is C23H17NO. The molecule has 0 aliphatic carbocycles. The van der Waals surface area contributed by atoms with Gasteiger partial charge in [0.05, 0.1) is 5.69 Å². The number of benzene rings is 3. The molecule has 2 nitrogen and oxygen atoms in total. The molecule has 2 heteroatoms. The third-order valence-electron chi connectivity index (χ3n) is 4.24. The van der Waals surface area contributed by atoms with Crippen molar-refractivity contribution in [3.8, 4) is 39.3 Å². The summed E-state index contributed by atoms with van der Waals surface area (Å²) in [5.41, 5.74) is 5.77. The van der Waals surface area contributed by atoms with E-state index in [4.69, 9.17) is 4.98 Å². The minimum Gasteiger partial charge on any atom is -0.507 e. The molecule has 3 aromatic carbocycles. The smallest absolute Gasteiger partial charge is 0.124 e. The molecule has 1 heterocycles. The van der Waals surface area contributed by atoms with E-state index in [1.165, 1.54) is 0 Å². The molecule has 0 spiro atoms. The average Bonchev–Trinajstić information content (AvgIpc) is 2.69. The van der Waals surface area contributed by atoms with Crippen LogP contribution < -0.4 is 0 Å².